The molecule has 18 heavy (non-hydrogen) atoms. The Balaban J connectivity index is 3.01. The van der Waals surface area contributed by atoms with Gasteiger partial charge in [-0.15, -0.1) is 0 Å². The normalized spacial score (nSPS) is 11.7. The van der Waals surface area contributed by atoms with E-state index in [9.17, 15) is 4.79 Å². The molecule has 0 fully saturated rings. The first kappa shape index (κ1) is 17.6. The number of aldehydes is 1. The summed E-state index contributed by atoms with van der Waals surface area (Å²) >= 11 is 0. The van der Waals surface area contributed by atoms with Crippen LogP contribution in [0.1, 0.15) is 70.6 Å². The lowest BCUT2D eigenvalue weighted by Gasteiger charge is -2.21. The van der Waals surface area contributed by atoms with E-state index < -0.39 is 0 Å². The largest absolute Gasteiger partial charge is 0.303 e. The van der Waals surface area contributed by atoms with Crippen molar-refractivity contribution in [3.05, 3.63) is 0 Å². The summed E-state index contributed by atoms with van der Waals surface area (Å²) in [5.41, 5.74) is 0. The molecule has 0 saturated heterocycles. The first-order valence-corrected chi connectivity index (χ1v) is 7.61. The Kier molecular flexibility index (Phi) is 11.4. The summed E-state index contributed by atoms with van der Waals surface area (Å²) in [5.74, 6) is 5.88. The van der Waals surface area contributed by atoms with E-state index in [1.54, 1.807) is 0 Å². The van der Waals surface area contributed by atoms with Crippen LogP contribution in [-0.2, 0) is 4.79 Å². The molecule has 0 aliphatic rings. The van der Waals surface area contributed by atoms with E-state index in [2.05, 4.69) is 0 Å². The van der Waals surface area contributed by atoms with Gasteiger partial charge in [-0.1, -0.05) is 44.9 Å². The number of unbranched alkanes of at least 4 members (excludes halogenated alkanes) is 10. The maximum atomic E-state index is 10.1. The van der Waals surface area contributed by atoms with Gasteiger partial charge in [0.1, 0.15) is 6.29 Å². The fraction of sp³-hybridized carbons (Fsp3) is 0.933. The van der Waals surface area contributed by atoms with Gasteiger partial charge in [-0.3, -0.25) is 4.59 Å². The lowest BCUT2D eigenvalue weighted by molar-refractivity contribution is -0.902. The molecule has 0 saturated carbocycles. The van der Waals surface area contributed by atoms with E-state index >= 15 is 0 Å². The molecule has 0 bridgehead atoms. The van der Waals surface area contributed by atoms with E-state index in [1.807, 2.05) is 14.1 Å². The quantitative estimate of drug-likeness (QED) is 0.181. The number of rotatable bonds is 13. The number of hydrogen-bond donors (Lipinski definition) is 1. The Bertz CT molecular complexity index is 187. The van der Waals surface area contributed by atoms with Gasteiger partial charge in [-0.25, -0.2) is 0 Å². The smallest absolute Gasteiger partial charge is 0.119 e. The molecule has 0 aliphatic heterocycles. The third-order valence-electron chi connectivity index (χ3n) is 3.31. The summed E-state index contributed by atoms with van der Waals surface area (Å²) in [5, 5.41) is 0. The summed E-state index contributed by atoms with van der Waals surface area (Å²) in [6, 6.07) is 0. The van der Waals surface area contributed by atoms with Crippen molar-refractivity contribution >= 4 is 6.29 Å². The first-order chi connectivity index (χ1) is 8.56. The molecule has 3 heteroatoms. The number of hydrogen-bond acceptors (Lipinski definition) is 2. The Morgan fingerprint density at radius 2 is 1.17 bits per heavy atom. The second kappa shape index (κ2) is 11.7. The van der Waals surface area contributed by atoms with Crippen molar-refractivity contribution in [2.45, 2.75) is 70.6 Å². The van der Waals surface area contributed by atoms with Crippen LogP contribution in [-0.4, -0.2) is 31.5 Å². The number of nitrogens with two attached hydrogens (primary N) is 1. The van der Waals surface area contributed by atoms with E-state index in [0.29, 0.717) is 4.59 Å². The van der Waals surface area contributed by atoms with E-state index in [0.717, 1.165) is 25.7 Å². The Labute approximate surface area is 113 Å². The molecule has 2 N–H and O–H groups in total. The van der Waals surface area contributed by atoms with Crippen LogP contribution in [0.2, 0.25) is 0 Å². The molecule has 0 amide bonds. The number of nitrogens with zero attached hydrogens (tertiary/aromatic N) is 1. The molecule has 108 valence electrons. The molecule has 0 aromatic carbocycles. The van der Waals surface area contributed by atoms with Gasteiger partial charge in [0.05, 0.1) is 20.6 Å². The van der Waals surface area contributed by atoms with Gasteiger partial charge in [-0.2, -0.15) is 5.84 Å². The molecule has 0 rings (SSSR count). The van der Waals surface area contributed by atoms with Crippen LogP contribution >= 0.6 is 0 Å². The van der Waals surface area contributed by atoms with Gasteiger partial charge < -0.3 is 4.79 Å². The zero-order chi connectivity index (χ0) is 13.7. The van der Waals surface area contributed by atoms with Crippen LogP contribution in [0.25, 0.3) is 0 Å². The molecule has 0 heterocycles. The van der Waals surface area contributed by atoms with Gasteiger partial charge in [0.25, 0.3) is 0 Å². The summed E-state index contributed by atoms with van der Waals surface area (Å²) in [4.78, 5) is 10.1. The van der Waals surface area contributed by atoms with Crippen LogP contribution in [0.4, 0.5) is 0 Å². The molecule has 0 spiro atoms. The highest BCUT2D eigenvalue weighted by molar-refractivity contribution is 5.48. The minimum Gasteiger partial charge on any atom is -0.303 e. The van der Waals surface area contributed by atoms with Crippen LogP contribution in [0.3, 0.4) is 0 Å². The minimum absolute atomic E-state index is 0.598. The average molecular weight is 257 g/mol. The molecule has 3 nitrogen and oxygen atoms in total. The molecule has 0 aromatic heterocycles. The summed E-state index contributed by atoms with van der Waals surface area (Å²) in [6.45, 7) is 1.08. The van der Waals surface area contributed by atoms with Crippen molar-refractivity contribution in [3.8, 4) is 0 Å². The van der Waals surface area contributed by atoms with Crippen molar-refractivity contribution < 1.29 is 9.39 Å². The maximum absolute atomic E-state index is 10.1. The first-order valence-electron chi connectivity index (χ1n) is 7.61. The zero-order valence-electron chi connectivity index (χ0n) is 12.5. The van der Waals surface area contributed by atoms with Crippen molar-refractivity contribution in [3.63, 3.8) is 0 Å². The van der Waals surface area contributed by atoms with Gasteiger partial charge in [0, 0.05) is 6.42 Å². The van der Waals surface area contributed by atoms with Gasteiger partial charge in [0.2, 0.25) is 0 Å². The summed E-state index contributed by atoms with van der Waals surface area (Å²) in [6.07, 6.45) is 14.7. The van der Waals surface area contributed by atoms with Crippen molar-refractivity contribution in [1.82, 2.24) is 0 Å². The van der Waals surface area contributed by atoms with E-state index in [4.69, 9.17) is 5.84 Å². The van der Waals surface area contributed by atoms with Crippen molar-refractivity contribution in [1.29, 1.82) is 0 Å². The highest BCUT2D eigenvalue weighted by Gasteiger charge is 2.06. The predicted octanol–water partition coefficient (Wildman–Crippen LogP) is 3.43. The summed E-state index contributed by atoms with van der Waals surface area (Å²) < 4.78 is 0.598. The zero-order valence-corrected chi connectivity index (χ0v) is 12.5. The molecule has 0 aromatic rings. The lowest BCUT2D eigenvalue weighted by atomic mass is 10.1. The van der Waals surface area contributed by atoms with Crippen LogP contribution in [0.15, 0.2) is 0 Å². The summed E-state index contributed by atoms with van der Waals surface area (Å²) in [7, 11) is 4.09. The second-order valence-corrected chi connectivity index (χ2v) is 5.99. The maximum Gasteiger partial charge on any atom is 0.119 e. The molecule has 0 aliphatic carbocycles. The lowest BCUT2D eigenvalue weighted by Crippen LogP contribution is -2.47. The molecule has 0 unspecified atom stereocenters. The van der Waals surface area contributed by atoms with E-state index in [-0.39, 0.29) is 0 Å². The van der Waals surface area contributed by atoms with Crippen molar-refractivity contribution in [2.24, 2.45) is 5.84 Å². The third kappa shape index (κ3) is 15.6. The highest BCUT2D eigenvalue weighted by atomic mass is 16.1. The molecular weight excluding hydrogens is 224 g/mol. The Hall–Kier alpha value is -0.410. The van der Waals surface area contributed by atoms with Gasteiger partial charge in [0.15, 0.2) is 0 Å². The van der Waals surface area contributed by atoms with Crippen molar-refractivity contribution in [2.75, 3.05) is 20.6 Å². The van der Waals surface area contributed by atoms with Crippen LogP contribution in [0.5, 0.6) is 0 Å². The average Bonchev–Trinajstić information content (AvgIpc) is 2.29. The fourth-order valence-electron chi connectivity index (χ4n) is 2.16. The van der Waals surface area contributed by atoms with E-state index in [1.165, 1.54) is 57.8 Å². The number of carbonyl (C=O) groups is 1. The topological polar surface area (TPSA) is 43.1 Å². The SMILES string of the molecule is C[N+](C)(N)CCCCCCCCCCCCC=O. The fourth-order valence-corrected chi connectivity index (χ4v) is 2.16. The molecule has 0 atom stereocenters. The number of quaternary nitrogens is 1. The van der Waals surface area contributed by atoms with Crippen LogP contribution < -0.4 is 5.84 Å². The Morgan fingerprint density at radius 1 is 0.778 bits per heavy atom. The molecular formula is C15H33N2O+. The third-order valence-corrected chi connectivity index (χ3v) is 3.31. The molecule has 0 radical (unpaired) electrons. The van der Waals surface area contributed by atoms with Gasteiger partial charge in [-0.05, 0) is 19.3 Å². The highest BCUT2D eigenvalue weighted by Crippen LogP contribution is 2.11. The standard InChI is InChI=1S/C15H33N2O/c1-17(2,16)14-12-10-8-6-4-3-5-7-9-11-13-15-18/h15H,3-14,16H2,1-2H3/q+1. The second-order valence-electron chi connectivity index (χ2n) is 5.99. The predicted molar refractivity (Wildman–Crippen MR) is 78.0 cm³/mol. The van der Waals surface area contributed by atoms with Crippen LogP contribution in [0, 0.1) is 0 Å². The minimum atomic E-state index is 0.598. The monoisotopic (exact) mass is 257 g/mol. The van der Waals surface area contributed by atoms with Gasteiger partial charge >= 0.3 is 0 Å². The number of carbonyl (C=O) groups excluding carboxylic acids is 1. The Morgan fingerprint density at radius 3 is 1.56 bits per heavy atom.